The van der Waals surface area contributed by atoms with E-state index in [9.17, 15) is 31.5 Å². The number of nitrogens with one attached hydrogen (secondary N) is 1. The first-order valence-corrected chi connectivity index (χ1v) is 7.79. The molecule has 1 aromatic rings. The Morgan fingerprint density at radius 3 is 1.59 bits per heavy atom. The smallest absolute Gasteiger partial charge is 0.408 e. The molecule has 0 heterocycles. The van der Waals surface area contributed by atoms with Crippen LogP contribution in [0.15, 0.2) is 0 Å². The van der Waals surface area contributed by atoms with Gasteiger partial charge in [-0.2, -0.15) is 8.78 Å². The molecule has 1 rings (SSSR count). The molecule has 0 bridgehead atoms. The summed E-state index contributed by atoms with van der Waals surface area (Å²) < 4.78 is 76.3. The molecule has 1 N–H and O–H groups in total. The van der Waals surface area contributed by atoms with E-state index in [0.717, 1.165) is 0 Å². The van der Waals surface area contributed by atoms with Crippen LogP contribution in [0.25, 0.3) is 0 Å². The van der Waals surface area contributed by atoms with Crippen LogP contribution in [-0.2, 0) is 9.53 Å². The summed E-state index contributed by atoms with van der Waals surface area (Å²) >= 11 is 0. The first kappa shape index (κ1) is 22.7. The van der Waals surface area contributed by atoms with Crippen molar-refractivity contribution in [3.05, 3.63) is 29.1 Å². The molecule has 27 heavy (non-hydrogen) atoms. The number of rotatable bonds is 3. The molecule has 5 nitrogen and oxygen atoms in total. The van der Waals surface area contributed by atoms with Crippen LogP contribution >= 0.6 is 0 Å². The van der Waals surface area contributed by atoms with E-state index in [2.05, 4.69) is 10.1 Å². The molecule has 1 aromatic carbocycles. The number of carbonyl (C=O) groups is 2. The van der Waals surface area contributed by atoms with Crippen molar-refractivity contribution in [2.24, 2.45) is 5.41 Å². The summed E-state index contributed by atoms with van der Waals surface area (Å²) in [5.41, 5.74) is -1.95. The molecule has 0 aliphatic heterocycles. The lowest BCUT2D eigenvalue weighted by molar-refractivity contribution is -0.140. The second-order valence-electron chi connectivity index (χ2n) is 7.77. The highest BCUT2D eigenvalue weighted by Crippen LogP contribution is 2.30. The zero-order chi connectivity index (χ0) is 21.3. The number of hydrogen-bond acceptors (Lipinski definition) is 4. The van der Waals surface area contributed by atoms with Crippen molar-refractivity contribution >= 4 is 12.1 Å². The fraction of sp³-hybridized carbons (Fsp3) is 0.529. The minimum Gasteiger partial charge on any atom is -0.444 e. The first-order valence-electron chi connectivity index (χ1n) is 7.79. The van der Waals surface area contributed by atoms with Gasteiger partial charge in [-0.1, -0.05) is 20.8 Å². The number of alkyl carbamates (subject to hydrolysis) is 1. The third-order valence-corrected chi connectivity index (χ3v) is 3.13. The Kier molecular flexibility index (Phi) is 6.45. The summed E-state index contributed by atoms with van der Waals surface area (Å²) in [7, 11) is 0. The van der Waals surface area contributed by atoms with Gasteiger partial charge in [0.25, 0.3) is 0 Å². The third kappa shape index (κ3) is 5.54. The minimum absolute atomic E-state index is 0.905. The Morgan fingerprint density at radius 1 is 0.815 bits per heavy atom. The van der Waals surface area contributed by atoms with Crippen molar-refractivity contribution in [3.63, 3.8) is 0 Å². The maximum absolute atomic E-state index is 13.7. The Labute approximate surface area is 152 Å². The second-order valence-corrected chi connectivity index (χ2v) is 7.77. The van der Waals surface area contributed by atoms with Gasteiger partial charge in [0.2, 0.25) is 34.8 Å². The largest absolute Gasteiger partial charge is 0.444 e. The molecule has 0 saturated carbocycles. The van der Waals surface area contributed by atoms with E-state index < -0.39 is 64.0 Å². The molecule has 0 spiro atoms. The fourth-order valence-electron chi connectivity index (χ4n) is 1.89. The monoisotopic (exact) mass is 397 g/mol. The molecule has 0 radical (unpaired) electrons. The molecule has 1 amide bonds. The van der Waals surface area contributed by atoms with Gasteiger partial charge < -0.3 is 14.8 Å². The van der Waals surface area contributed by atoms with Crippen LogP contribution in [0, 0.1) is 34.5 Å². The molecule has 1 atom stereocenters. The van der Waals surface area contributed by atoms with Crippen LogP contribution in [0.4, 0.5) is 26.7 Å². The normalized spacial score (nSPS) is 13.1. The van der Waals surface area contributed by atoms with Crippen LogP contribution in [0.1, 0.15) is 41.5 Å². The van der Waals surface area contributed by atoms with Gasteiger partial charge in [-0.05, 0) is 26.2 Å². The van der Waals surface area contributed by atoms with Crippen molar-refractivity contribution in [1.29, 1.82) is 0 Å². The Balaban J connectivity index is 3.18. The van der Waals surface area contributed by atoms with Crippen LogP contribution in [0.3, 0.4) is 0 Å². The predicted octanol–water partition coefficient (Wildman–Crippen LogP) is 4.23. The number of ether oxygens (including phenoxy) is 2. The lowest BCUT2D eigenvalue weighted by Crippen LogP contribution is -2.52. The first-order chi connectivity index (χ1) is 12.1. The highest BCUT2D eigenvalue weighted by molar-refractivity contribution is 5.83. The summed E-state index contributed by atoms with van der Waals surface area (Å²) in [5.74, 6) is -14.7. The van der Waals surface area contributed by atoms with Gasteiger partial charge in [0.15, 0.2) is 0 Å². The summed E-state index contributed by atoms with van der Waals surface area (Å²) in [4.78, 5) is 24.2. The second kappa shape index (κ2) is 7.69. The van der Waals surface area contributed by atoms with E-state index in [4.69, 9.17) is 4.74 Å². The molecular weight excluding hydrogens is 377 g/mol. The summed E-state index contributed by atoms with van der Waals surface area (Å²) in [6.07, 6.45) is -1.03. The molecule has 10 heteroatoms. The number of esters is 1. The van der Waals surface area contributed by atoms with Crippen molar-refractivity contribution in [3.8, 4) is 5.75 Å². The van der Waals surface area contributed by atoms with Gasteiger partial charge in [0, 0.05) is 0 Å². The summed E-state index contributed by atoms with van der Waals surface area (Å²) in [6, 6.07) is -1.51. The quantitative estimate of drug-likeness (QED) is 0.273. The number of amides is 1. The van der Waals surface area contributed by atoms with Gasteiger partial charge in [-0.25, -0.2) is 22.8 Å². The number of halogens is 5. The molecular formula is C17H20F5NO4. The fourth-order valence-corrected chi connectivity index (χ4v) is 1.89. The lowest BCUT2D eigenvalue weighted by atomic mass is 9.87. The van der Waals surface area contributed by atoms with E-state index in [0.29, 0.717) is 0 Å². The molecule has 152 valence electrons. The molecule has 0 saturated heterocycles. The zero-order valence-electron chi connectivity index (χ0n) is 15.6. The van der Waals surface area contributed by atoms with Crippen molar-refractivity contribution in [2.75, 3.05) is 0 Å². The zero-order valence-corrected chi connectivity index (χ0v) is 15.6. The van der Waals surface area contributed by atoms with Crippen LogP contribution in [-0.4, -0.2) is 23.7 Å². The Hall–Kier alpha value is -2.39. The maximum atomic E-state index is 13.7. The Bertz CT molecular complexity index is 724. The standard InChI is InChI=1S/C17H20F5NO4/c1-16(2,3)13(23-15(25)27-17(4,5)6)14(24)26-12-10(21)8(19)7(18)9(20)11(12)22/h13H,1-6H3,(H,23,25)/t13-/m1/s1. The van der Waals surface area contributed by atoms with Crippen molar-refractivity contribution in [1.82, 2.24) is 5.32 Å². The molecule has 0 fully saturated rings. The average Bonchev–Trinajstić information content (AvgIpc) is 2.50. The van der Waals surface area contributed by atoms with E-state index in [1.807, 2.05) is 0 Å². The lowest BCUT2D eigenvalue weighted by Gasteiger charge is -2.30. The SMILES string of the molecule is CC(C)(C)OC(=O)N[C@H](C(=O)Oc1c(F)c(F)c(F)c(F)c1F)C(C)(C)C. The van der Waals surface area contributed by atoms with Gasteiger partial charge >= 0.3 is 12.1 Å². The summed E-state index contributed by atoms with van der Waals surface area (Å²) in [5, 5.41) is 2.17. The van der Waals surface area contributed by atoms with Crippen molar-refractivity contribution in [2.45, 2.75) is 53.2 Å². The van der Waals surface area contributed by atoms with Gasteiger partial charge in [-0.3, -0.25) is 0 Å². The van der Waals surface area contributed by atoms with E-state index in [1.54, 1.807) is 20.8 Å². The molecule has 0 unspecified atom stereocenters. The topological polar surface area (TPSA) is 64.6 Å². The van der Waals surface area contributed by atoms with Crippen LogP contribution in [0.2, 0.25) is 0 Å². The van der Waals surface area contributed by atoms with Crippen molar-refractivity contribution < 1.29 is 41.0 Å². The van der Waals surface area contributed by atoms with E-state index >= 15 is 0 Å². The van der Waals surface area contributed by atoms with Crippen LogP contribution < -0.4 is 10.1 Å². The van der Waals surface area contributed by atoms with Gasteiger partial charge in [0.05, 0.1) is 0 Å². The van der Waals surface area contributed by atoms with Gasteiger partial charge in [0.1, 0.15) is 11.6 Å². The number of benzene rings is 1. The highest BCUT2D eigenvalue weighted by Gasteiger charge is 2.38. The predicted molar refractivity (Wildman–Crippen MR) is 84.5 cm³/mol. The Morgan fingerprint density at radius 2 is 1.22 bits per heavy atom. The number of hydrogen-bond donors (Lipinski definition) is 1. The highest BCUT2D eigenvalue weighted by atomic mass is 19.2. The summed E-state index contributed by atoms with van der Waals surface area (Å²) in [6.45, 7) is 9.13. The number of carbonyl (C=O) groups excluding carboxylic acids is 2. The average molecular weight is 397 g/mol. The van der Waals surface area contributed by atoms with Gasteiger partial charge in [-0.15, -0.1) is 0 Å². The maximum Gasteiger partial charge on any atom is 0.408 e. The van der Waals surface area contributed by atoms with E-state index in [-0.39, 0.29) is 0 Å². The van der Waals surface area contributed by atoms with E-state index in [1.165, 1.54) is 20.8 Å². The molecule has 0 aromatic heterocycles. The van der Waals surface area contributed by atoms with Crippen LogP contribution in [0.5, 0.6) is 5.75 Å². The minimum atomic E-state index is -2.39. The third-order valence-electron chi connectivity index (χ3n) is 3.13. The molecule has 0 aliphatic rings. The molecule has 0 aliphatic carbocycles.